The van der Waals surface area contributed by atoms with E-state index in [0.29, 0.717) is 34.4 Å². The van der Waals surface area contributed by atoms with Gasteiger partial charge in [-0.25, -0.2) is 0 Å². The van der Waals surface area contributed by atoms with E-state index >= 15 is 0 Å². The molecule has 0 spiro atoms. The third-order valence-electron chi connectivity index (χ3n) is 4.78. The zero-order chi connectivity index (χ0) is 20.4. The van der Waals surface area contributed by atoms with Crippen molar-refractivity contribution in [2.75, 3.05) is 28.4 Å². The predicted molar refractivity (Wildman–Crippen MR) is 110 cm³/mol. The SMILES string of the molecule is COc1cc2c(C(=O)N(C)Cc3cc(OC)c(OC)cc3C)c[nH]c2cc1Cl. The number of nitrogens with zero attached hydrogens (tertiary/aromatic N) is 1. The number of aromatic amines is 1. The minimum absolute atomic E-state index is 0.107. The van der Waals surface area contributed by atoms with Gasteiger partial charge in [-0.05, 0) is 42.3 Å². The van der Waals surface area contributed by atoms with E-state index in [1.807, 2.05) is 19.1 Å². The molecule has 0 atom stereocenters. The molecule has 0 fully saturated rings. The van der Waals surface area contributed by atoms with E-state index < -0.39 is 0 Å². The van der Waals surface area contributed by atoms with E-state index in [1.165, 1.54) is 0 Å². The number of carbonyl (C=O) groups excluding carboxylic acids is 1. The van der Waals surface area contributed by atoms with Crippen LogP contribution < -0.4 is 14.2 Å². The number of amides is 1. The molecular weight excluding hydrogens is 380 g/mol. The molecule has 1 aromatic heterocycles. The van der Waals surface area contributed by atoms with Gasteiger partial charge in [0.1, 0.15) is 5.75 Å². The van der Waals surface area contributed by atoms with Gasteiger partial charge in [0.15, 0.2) is 11.5 Å². The number of fused-ring (bicyclic) bond motifs is 1. The molecule has 0 radical (unpaired) electrons. The van der Waals surface area contributed by atoms with E-state index in [2.05, 4.69) is 4.98 Å². The number of halogens is 1. The van der Waals surface area contributed by atoms with Crippen molar-refractivity contribution in [1.29, 1.82) is 0 Å². The number of aromatic nitrogens is 1. The second-order valence-corrected chi connectivity index (χ2v) is 6.94. The van der Waals surface area contributed by atoms with Crippen LogP contribution in [0, 0.1) is 6.92 Å². The first kappa shape index (κ1) is 19.9. The summed E-state index contributed by atoms with van der Waals surface area (Å²) in [7, 11) is 6.51. The van der Waals surface area contributed by atoms with E-state index in [1.54, 1.807) is 51.6 Å². The summed E-state index contributed by atoms with van der Waals surface area (Å²) in [6.45, 7) is 2.41. The van der Waals surface area contributed by atoms with Crippen LogP contribution in [-0.2, 0) is 6.54 Å². The molecule has 6 nitrogen and oxygen atoms in total. The van der Waals surface area contributed by atoms with Crippen molar-refractivity contribution in [2.45, 2.75) is 13.5 Å². The maximum absolute atomic E-state index is 13.1. The van der Waals surface area contributed by atoms with Crippen LogP contribution in [0.1, 0.15) is 21.5 Å². The molecule has 1 amide bonds. The Balaban J connectivity index is 1.91. The second kappa shape index (κ2) is 8.02. The standard InChI is InChI=1S/C21H23ClN2O4/c1-12-6-19(27-4)20(28-5)7-13(12)11-24(2)21(25)15-10-23-17-9-16(22)18(26-3)8-14(15)17/h6-10,23H,11H2,1-5H3. The van der Waals surface area contributed by atoms with Gasteiger partial charge in [-0.1, -0.05) is 11.6 Å². The van der Waals surface area contributed by atoms with Gasteiger partial charge in [0, 0.05) is 30.7 Å². The minimum Gasteiger partial charge on any atom is -0.495 e. The number of rotatable bonds is 6. The van der Waals surface area contributed by atoms with Gasteiger partial charge in [0.05, 0.1) is 31.9 Å². The number of ether oxygens (including phenoxy) is 3. The van der Waals surface area contributed by atoms with Crippen molar-refractivity contribution in [3.8, 4) is 17.2 Å². The van der Waals surface area contributed by atoms with Gasteiger partial charge < -0.3 is 24.1 Å². The Kier molecular flexibility index (Phi) is 5.70. The summed E-state index contributed by atoms with van der Waals surface area (Å²) in [6.07, 6.45) is 1.70. The molecule has 3 rings (SSSR count). The van der Waals surface area contributed by atoms with Gasteiger partial charge in [0.25, 0.3) is 5.91 Å². The number of benzene rings is 2. The Morgan fingerprint density at radius 1 is 1.04 bits per heavy atom. The van der Waals surface area contributed by atoms with Gasteiger partial charge in [0.2, 0.25) is 0 Å². The summed E-state index contributed by atoms with van der Waals surface area (Å²) >= 11 is 6.17. The van der Waals surface area contributed by atoms with Crippen LogP contribution in [0.4, 0.5) is 0 Å². The van der Waals surface area contributed by atoms with Crippen LogP contribution >= 0.6 is 11.6 Å². The van der Waals surface area contributed by atoms with E-state index in [0.717, 1.165) is 22.0 Å². The lowest BCUT2D eigenvalue weighted by Crippen LogP contribution is -2.26. The summed E-state index contributed by atoms with van der Waals surface area (Å²) in [5, 5.41) is 1.26. The van der Waals surface area contributed by atoms with Gasteiger partial charge >= 0.3 is 0 Å². The third-order valence-corrected chi connectivity index (χ3v) is 5.08. The molecule has 0 saturated heterocycles. The molecule has 2 aromatic carbocycles. The molecule has 3 aromatic rings. The van der Waals surface area contributed by atoms with Crippen LogP contribution in [0.5, 0.6) is 17.2 Å². The zero-order valence-corrected chi connectivity index (χ0v) is 17.3. The highest BCUT2D eigenvalue weighted by molar-refractivity contribution is 6.33. The first-order chi connectivity index (χ1) is 13.4. The molecule has 0 unspecified atom stereocenters. The summed E-state index contributed by atoms with van der Waals surface area (Å²) in [5.41, 5.74) is 3.34. The minimum atomic E-state index is -0.107. The molecular formula is C21H23ClN2O4. The summed E-state index contributed by atoms with van der Waals surface area (Å²) in [4.78, 5) is 17.8. The number of aryl methyl sites for hydroxylation is 1. The second-order valence-electron chi connectivity index (χ2n) is 6.53. The molecule has 148 valence electrons. The van der Waals surface area contributed by atoms with E-state index in [-0.39, 0.29) is 5.91 Å². The highest BCUT2D eigenvalue weighted by Gasteiger charge is 2.19. The fourth-order valence-electron chi connectivity index (χ4n) is 3.18. The Labute approximate surface area is 168 Å². The number of H-pyrrole nitrogens is 1. The normalized spacial score (nSPS) is 10.8. The van der Waals surface area contributed by atoms with Crippen molar-refractivity contribution in [1.82, 2.24) is 9.88 Å². The van der Waals surface area contributed by atoms with Crippen molar-refractivity contribution in [3.05, 3.63) is 52.2 Å². The molecule has 0 aliphatic carbocycles. The quantitative estimate of drug-likeness (QED) is 0.662. The maximum atomic E-state index is 13.1. The highest BCUT2D eigenvalue weighted by atomic mass is 35.5. The van der Waals surface area contributed by atoms with Gasteiger partial charge in [-0.2, -0.15) is 0 Å². The summed E-state index contributed by atoms with van der Waals surface area (Å²) < 4.78 is 16.0. The molecule has 0 aliphatic heterocycles. The first-order valence-corrected chi connectivity index (χ1v) is 9.09. The van der Waals surface area contributed by atoms with Crippen molar-refractivity contribution in [2.24, 2.45) is 0 Å². The monoisotopic (exact) mass is 402 g/mol. The summed E-state index contributed by atoms with van der Waals surface area (Å²) in [6, 6.07) is 7.34. The Bertz CT molecular complexity index is 1030. The number of hydrogen-bond acceptors (Lipinski definition) is 4. The number of hydrogen-bond donors (Lipinski definition) is 1. The average Bonchev–Trinajstić information content (AvgIpc) is 3.10. The number of methoxy groups -OCH3 is 3. The topological polar surface area (TPSA) is 63.8 Å². The lowest BCUT2D eigenvalue weighted by Gasteiger charge is -2.20. The number of nitrogens with one attached hydrogen (secondary N) is 1. The Hall–Kier alpha value is -2.86. The Morgan fingerprint density at radius 3 is 2.32 bits per heavy atom. The van der Waals surface area contributed by atoms with Crippen LogP contribution in [0.15, 0.2) is 30.5 Å². The fraction of sp³-hybridized carbons (Fsp3) is 0.286. The average molecular weight is 403 g/mol. The van der Waals surface area contributed by atoms with Gasteiger partial charge in [-0.3, -0.25) is 4.79 Å². The summed E-state index contributed by atoms with van der Waals surface area (Å²) in [5.74, 6) is 1.72. The maximum Gasteiger partial charge on any atom is 0.256 e. The molecule has 1 heterocycles. The van der Waals surface area contributed by atoms with Crippen molar-refractivity contribution in [3.63, 3.8) is 0 Å². The van der Waals surface area contributed by atoms with E-state index in [9.17, 15) is 4.79 Å². The van der Waals surface area contributed by atoms with E-state index in [4.69, 9.17) is 25.8 Å². The fourth-order valence-corrected chi connectivity index (χ4v) is 3.42. The molecule has 0 bridgehead atoms. The smallest absolute Gasteiger partial charge is 0.256 e. The highest BCUT2D eigenvalue weighted by Crippen LogP contribution is 2.33. The lowest BCUT2D eigenvalue weighted by atomic mass is 10.1. The predicted octanol–water partition coefficient (Wildman–Crippen LogP) is 4.43. The van der Waals surface area contributed by atoms with Crippen molar-refractivity contribution < 1.29 is 19.0 Å². The number of carbonyl (C=O) groups is 1. The third kappa shape index (κ3) is 3.60. The molecule has 7 heteroatoms. The Morgan fingerprint density at radius 2 is 1.68 bits per heavy atom. The van der Waals surface area contributed by atoms with Crippen LogP contribution in [0.3, 0.4) is 0 Å². The van der Waals surface area contributed by atoms with Crippen LogP contribution in [0.25, 0.3) is 10.9 Å². The zero-order valence-electron chi connectivity index (χ0n) is 16.6. The van der Waals surface area contributed by atoms with Gasteiger partial charge in [-0.15, -0.1) is 0 Å². The lowest BCUT2D eigenvalue weighted by molar-refractivity contribution is 0.0787. The molecule has 28 heavy (non-hydrogen) atoms. The first-order valence-electron chi connectivity index (χ1n) is 8.71. The largest absolute Gasteiger partial charge is 0.495 e. The molecule has 0 saturated carbocycles. The van der Waals surface area contributed by atoms with Crippen LogP contribution in [0.2, 0.25) is 5.02 Å². The molecule has 1 N–H and O–H groups in total. The van der Waals surface area contributed by atoms with Crippen LogP contribution in [-0.4, -0.2) is 44.2 Å². The molecule has 0 aliphatic rings. The van der Waals surface area contributed by atoms with Crippen molar-refractivity contribution >= 4 is 28.4 Å².